The van der Waals surface area contributed by atoms with E-state index in [1.165, 1.54) is 24.2 Å². The lowest BCUT2D eigenvalue weighted by atomic mass is 9.98. The Kier molecular flexibility index (Phi) is 4.09. The first-order valence-corrected chi connectivity index (χ1v) is 6.66. The van der Waals surface area contributed by atoms with Crippen LogP contribution >= 0.6 is 11.3 Å². The van der Waals surface area contributed by atoms with Crippen LogP contribution in [0.1, 0.15) is 22.5 Å². The molecule has 4 heteroatoms. The molecule has 3 nitrogen and oxygen atoms in total. The van der Waals surface area contributed by atoms with Crippen molar-refractivity contribution in [2.75, 3.05) is 26.2 Å². The van der Waals surface area contributed by atoms with Gasteiger partial charge in [-0.05, 0) is 43.3 Å². The summed E-state index contributed by atoms with van der Waals surface area (Å²) in [7, 11) is 0. The number of ketones is 1. The van der Waals surface area contributed by atoms with Crippen LogP contribution in [0.4, 0.5) is 0 Å². The highest BCUT2D eigenvalue weighted by Crippen LogP contribution is 2.16. The monoisotopic (exact) mass is 238 g/mol. The fourth-order valence-electron chi connectivity index (χ4n) is 2.21. The largest absolute Gasteiger partial charge is 0.330 e. The summed E-state index contributed by atoms with van der Waals surface area (Å²) in [5, 5.41) is 1.95. The Bertz CT molecular complexity index is 337. The van der Waals surface area contributed by atoms with Crippen molar-refractivity contribution in [2.45, 2.75) is 12.8 Å². The topological polar surface area (TPSA) is 46.3 Å². The number of rotatable bonds is 4. The number of Topliss-reactive ketones (excluding diaryl/α,β-unsaturated/α-hetero) is 1. The predicted octanol–water partition coefficient (Wildman–Crippen LogP) is 1.60. The number of carbonyl (C=O) groups excluding carboxylic acids is 1. The highest BCUT2D eigenvalue weighted by molar-refractivity contribution is 7.12. The first-order chi connectivity index (χ1) is 7.79. The Morgan fingerprint density at radius 3 is 3.19 bits per heavy atom. The molecule has 0 aliphatic carbocycles. The average Bonchev–Trinajstić information content (AvgIpc) is 2.83. The molecule has 2 heterocycles. The molecule has 1 unspecified atom stereocenters. The first-order valence-electron chi connectivity index (χ1n) is 5.78. The van der Waals surface area contributed by atoms with E-state index in [1.54, 1.807) is 0 Å². The van der Waals surface area contributed by atoms with Crippen molar-refractivity contribution in [3.05, 3.63) is 22.4 Å². The van der Waals surface area contributed by atoms with Crippen LogP contribution in [0.2, 0.25) is 0 Å². The Balaban J connectivity index is 1.87. The van der Waals surface area contributed by atoms with Crippen LogP contribution in [0.15, 0.2) is 17.5 Å². The fraction of sp³-hybridized carbons (Fsp3) is 0.583. The Morgan fingerprint density at radius 1 is 1.62 bits per heavy atom. The van der Waals surface area contributed by atoms with Crippen molar-refractivity contribution >= 4 is 17.1 Å². The number of nitrogens with two attached hydrogens (primary N) is 1. The molecule has 1 aliphatic heterocycles. The SMILES string of the molecule is NCC1CCCN(CC(=O)c2cccs2)C1. The lowest BCUT2D eigenvalue weighted by Crippen LogP contribution is -2.40. The summed E-state index contributed by atoms with van der Waals surface area (Å²) in [6, 6.07) is 3.83. The Morgan fingerprint density at radius 2 is 2.50 bits per heavy atom. The Hall–Kier alpha value is -0.710. The minimum Gasteiger partial charge on any atom is -0.330 e. The van der Waals surface area contributed by atoms with Gasteiger partial charge in [0, 0.05) is 6.54 Å². The summed E-state index contributed by atoms with van der Waals surface area (Å²) in [5.74, 6) is 0.817. The van der Waals surface area contributed by atoms with E-state index in [0.29, 0.717) is 12.5 Å². The average molecular weight is 238 g/mol. The van der Waals surface area contributed by atoms with Crippen molar-refractivity contribution in [1.29, 1.82) is 0 Å². The molecule has 0 saturated carbocycles. The van der Waals surface area contributed by atoms with Gasteiger partial charge in [-0.15, -0.1) is 11.3 Å². The molecule has 2 N–H and O–H groups in total. The van der Waals surface area contributed by atoms with Crippen molar-refractivity contribution in [2.24, 2.45) is 11.7 Å². The molecule has 0 radical (unpaired) electrons. The zero-order valence-electron chi connectivity index (χ0n) is 9.39. The van der Waals surface area contributed by atoms with Gasteiger partial charge in [0.05, 0.1) is 11.4 Å². The smallest absolute Gasteiger partial charge is 0.186 e. The lowest BCUT2D eigenvalue weighted by Gasteiger charge is -2.31. The van der Waals surface area contributed by atoms with E-state index in [2.05, 4.69) is 4.90 Å². The number of hydrogen-bond acceptors (Lipinski definition) is 4. The van der Waals surface area contributed by atoms with E-state index in [9.17, 15) is 4.79 Å². The molecule has 0 amide bonds. The molecule has 88 valence electrons. The van der Waals surface area contributed by atoms with Crippen LogP contribution in [0.5, 0.6) is 0 Å². The molecule has 1 saturated heterocycles. The number of nitrogens with zero attached hydrogens (tertiary/aromatic N) is 1. The van der Waals surface area contributed by atoms with E-state index in [-0.39, 0.29) is 5.78 Å². The zero-order valence-corrected chi connectivity index (χ0v) is 10.2. The van der Waals surface area contributed by atoms with E-state index < -0.39 is 0 Å². The van der Waals surface area contributed by atoms with Crippen LogP contribution in [0, 0.1) is 5.92 Å². The van der Waals surface area contributed by atoms with Gasteiger partial charge in [-0.2, -0.15) is 0 Å². The molecule has 2 rings (SSSR count). The van der Waals surface area contributed by atoms with Gasteiger partial charge in [0.15, 0.2) is 5.78 Å². The number of piperidine rings is 1. The standard InChI is InChI=1S/C12H18N2OS/c13-7-10-3-1-5-14(8-10)9-11(15)12-4-2-6-16-12/h2,4,6,10H,1,3,5,7-9,13H2. The van der Waals surface area contributed by atoms with Crippen LogP contribution in [0.25, 0.3) is 0 Å². The Labute approximate surface area is 100 Å². The van der Waals surface area contributed by atoms with E-state index in [0.717, 1.165) is 24.5 Å². The van der Waals surface area contributed by atoms with Gasteiger partial charge < -0.3 is 5.73 Å². The van der Waals surface area contributed by atoms with Gasteiger partial charge in [0.25, 0.3) is 0 Å². The highest BCUT2D eigenvalue weighted by atomic mass is 32.1. The molecule has 16 heavy (non-hydrogen) atoms. The van der Waals surface area contributed by atoms with Crippen LogP contribution in [-0.2, 0) is 0 Å². The van der Waals surface area contributed by atoms with Crippen molar-refractivity contribution in [3.8, 4) is 0 Å². The fourth-order valence-corrected chi connectivity index (χ4v) is 2.86. The quantitative estimate of drug-likeness (QED) is 0.811. The highest BCUT2D eigenvalue weighted by Gasteiger charge is 2.21. The van der Waals surface area contributed by atoms with Gasteiger partial charge in [0.1, 0.15) is 0 Å². The third-order valence-electron chi connectivity index (χ3n) is 3.10. The molecule has 0 spiro atoms. The van der Waals surface area contributed by atoms with E-state index in [1.807, 2.05) is 17.5 Å². The summed E-state index contributed by atoms with van der Waals surface area (Å²) in [6.45, 7) is 3.31. The van der Waals surface area contributed by atoms with Gasteiger partial charge >= 0.3 is 0 Å². The maximum absolute atomic E-state index is 11.9. The summed E-state index contributed by atoms with van der Waals surface area (Å²) in [6.07, 6.45) is 2.37. The maximum atomic E-state index is 11.9. The van der Waals surface area contributed by atoms with Crippen LogP contribution < -0.4 is 5.73 Å². The van der Waals surface area contributed by atoms with Gasteiger partial charge in [-0.1, -0.05) is 6.07 Å². The minimum atomic E-state index is 0.243. The molecule has 1 aromatic rings. The molecule has 1 fully saturated rings. The number of carbonyl (C=O) groups is 1. The van der Waals surface area contributed by atoms with Gasteiger partial charge in [-0.3, -0.25) is 9.69 Å². The zero-order chi connectivity index (χ0) is 11.4. The number of likely N-dealkylation sites (tertiary alicyclic amines) is 1. The van der Waals surface area contributed by atoms with Gasteiger partial charge in [0.2, 0.25) is 0 Å². The first kappa shape index (κ1) is 11.8. The summed E-state index contributed by atoms with van der Waals surface area (Å²) in [4.78, 5) is 15.0. The summed E-state index contributed by atoms with van der Waals surface area (Å²) < 4.78 is 0. The summed E-state index contributed by atoms with van der Waals surface area (Å²) in [5.41, 5.74) is 5.68. The number of thiophene rings is 1. The van der Waals surface area contributed by atoms with Crippen LogP contribution in [0.3, 0.4) is 0 Å². The molecule has 1 atom stereocenters. The third-order valence-corrected chi connectivity index (χ3v) is 4.01. The van der Waals surface area contributed by atoms with E-state index in [4.69, 9.17) is 5.73 Å². The lowest BCUT2D eigenvalue weighted by molar-refractivity contribution is 0.0893. The number of hydrogen-bond donors (Lipinski definition) is 1. The predicted molar refractivity (Wildman–Crippen MR) is 66.9 cm³/mol. The minimum absolute atomic E-state index is 0.243. The van der Waals surface area contributed by atoms with Crippen molar-refractivity contribution in [3.63, 3.8) is 0 Å². The summed E-state index contributed by atoms with van der Waals surface area (Å²) >= 11 is 1.53. The normalized spacial score (nSPS) is 22.2. The van der Waals surface area contributed by atoms with Crippen molar-refractivity contribution in [1.82, 2.24) is 4.90 Å². The second kappa shape index (κ2) is 5.57. The third kappa shape index (κ3) is 2.90. The molecule has 0 bridgehead atoms. The molecule has 1 aliphatic rings. The second-order valence-electron chi connectivity index (χ2n) is 4.38. The maximum Gasteiger partial charge on any atom is 0.186 e. The van der Waals surface area contributed by atoms with Crippen molar-refractivity contribution < 1.29 is 4.79 Å². The van der Waals surface area contributed by atoms with Gasteiger partial charge in [-0.25, -0.2) is 0 Å². The molecular weight excluding hydrogens is 220 g/mol. The van der Waals surface area contributed by atoms with E-state index >= 15 is 0 Å². The second-order valence-corrected chi connectivity index (χ2v) is 5.33. The molecule has 1 aromatic heterocycles. The van der Waals surface area contributed by atoms with Crippen LogP contribution in [-0.4, -0.2) is 36.9 Å². The molecule has 0 aromatic carbocycles. The molecular formula is C12H18N2OS.